The molecule has 33 heavy (non-hydrogen) atoms. The summed E-state index contributed by atoms with van der Waals surface area (Å²) in [6.45, 7) is 7.50. The number of likely N-dealkylation sites (N-methyl/N-ethyl adjacent to an activating group) is 1. The first-order valence-electron chi connectivity index (χ1n) is 11.1. The number of nitrogens with one attached hydrogen (secondary N) is 1. The second kappa shape index (κ2) is 10.4. The van der Waals surface area contributed by atoms with Gasteiger partial charge in [0.25, 0.3) is 0 Å². The summed E-state index contributed by atoms with van der Waals surface area (Å²) < 4.78 is 0. The molecule has 0 aliphatic carbocycles. The molecule has 0 saturated carbocycles. The number of aromatic nitrogens is 1. The SMILES string of the molecule is CC(=O)N(C)C(C(=O)N1C[C@H](O)C[C@H]1C(=O)NCc1ccc(-c2scnc2C)cc1)C(C)C. The highest BCUT2D eigenvalue weighted by atomic mass is 32.1. The predicted molar refractivity (Wildman–Crippen MR) is 127 cm³/mol. The van der Waals surface area contributed by atoms with Gasteiger partial charge < -0.3 is 20.2 Å². The number of carbonyl (C=O) groups is 3. The maximum absolute atomic E-state index is 13.3. The Hall–Kier alpha value is -2.78. The van der Waals surface area contributed by atoms with E-state index in [4.69, 9.17) is 0 Å². The molecule has 1 unspecified atom stereocenters. The Morgan fingerprint density at radius 1 is 1.27 bits per heavy atom. The van der Waals surface area contributed by atoms with Crippen LogP contribution in [0, 0.1) is 12.8 Å². The summed E-state index contributed by atoms with van der Waals surface area (Å²) in [7, 11) is 1.59. The van der Waals surface area contributed by atoms with Gasteiger partial charge in [-0.15, -0.1) is 11.3 Å². The van der Waals surface area contributed by atoms with Gasteiger partial charge in [0.1, 0.15) is 12.1 Å². The van der Waals surface area contributed by atoms with Crippen molar-refractivity contribution in [1.82, 2.24) is 20.1 Å². The zero-order chi connectivity index (χ0) is 24.3. The molecule has 1 aromatic heterocycles. The number of rotatable bonds is 7. The Morgan fingerprint density at radius 2 is 1.94 bits per heavy atom. The Labute approximate surface area is 198 Å². The maximum atomic E-state index is 13.3. The van der Waals surface area contributed by atoms with Crippen molar-refractivity contribution in [2.24, 2.45) is 5.92 Å². The van der Waals surface area contributed by atoms with Crippen molar-refractivity contribution in [3.63, 3.8) is 0 Å². The predicted octanol–water partition coefficient (Wildman–Crippen LogP) is 2.20. The summed E-state index contributed by atoms with van der Waals surface area (Å²) in [5, 5.41) is 13.1. The van der Waals surface area contributed by atoms with E-state index in [9.17, 15) is 19.5 Å². The molecule has 3 amide bonds. The van der Waals surface area contributed by atoms with Crippen LogP contribution in [-0.2, 0) is 20.9 Å². The van der Waals surface area contributed by atoms with Gasteiger partial charge in [-0.2, -0.15) is 0 Å². The van der Waals surface area contributed by atoms with Crippen LogP contribution in [0.15, 0.2) is 29.8 Å². The number of benzene rings is 1. The van der Waals surface area contributed by atoms with E-state index in [-0.39, 0.29) is 36.6 Å². The zero-order valence-corrected chi connectivity index (χ0v) is 20.6. The van der Waals surface area contributed by atoms with Crippen molar-refractivity contribution in [3.05, 3.63) is 41.0 Å². The van der Waals surface area contributed by atoms with Gasteiger partial charge in [0, 0.05) is 33.5 Å². The highest BCUT2D eigenvalue weighted by Crippen LogP contribution is 2.27. The fraction of sp³-hybridized carbons (Fsp3) is 0.500. The number of hydrogen-bond donors (Lipinski definition) is 2. The Morgan fingerprint density at radius 3 is 2.48 bits per heavy atom. The van der Waals surface area contributed by atoms with Crippen LogP contribution in [0.25, 0.3) is 10.4 Å². The van der Waals surface area contributed by atoms with Crippen molar-refractivity contribution >= 4 is 29.1 Å². The Kier molecular flexibility index (Phi) is 7.86. The average Bonchev–Trinajstić information content (AvgIpc) is 3.37. The highest BCUT2D eigenvalue weighted by molar-refractivity contribution is 7.13. The number of nitrogens with zero attached hydrogens (tertiary/aromatic N) is 3. The third kappa shape index (κ3) is 5.59. The molecule has 0 bridgehead atoms. The van der Waals surface area contributed by atoms with E-state index in [1.165, 1.54) is 16.7 Å². The van der Waals surface area contributed by atoms with Gasteiger partial charge in [0.05, 0.1) is 22.2 Å². The van der Waals surface area contributed by atoms with E-state index in [0.717, 1.165) is 21.7 Å². The molecule has 0 spiro atoms. The topological polar surface area (TPSA) is 103 Å². The molecule has 0 radical (unpaired) electrons. The Bertz CT molecular complexity index is 1000. The standard InChI is InChI=1S/C24H32N4O4S/c1-14(2)21(27(5)16(4)29)24(32)28-12-19(30)10-20(28)23(31)25-11-17-6-8-18(9-7-17)22-15(3)26-13-33-22/h6-9,13-14,19-21,30H,10-12H2,1-5H3,(H,25,31)/t19-,20+,21?/m1/s1. The van der Waals surface area contributed by atoms with Gasteiger partial charge in [-0.1, -0.05) is 38.1 Å². The fourth-order valence-corrected chi connectivity index (χ4v) is 5.04. The normalized spacial score (nSPS) is 18.9. The van der Waals surface area contributed by atoms with E-state index >= 15 is 0 Å². The zero-order valence-electron chi connectivity index (χ0n) is 19.7. The van der Waals surface area contributed by atoms with E-state index < -0.39 is 18.2 Å². The number of β-amino-alcohol motifs (C(OH)–C–C–N with tert-alkyl or cyclic N) is 1. The monoisotopic (exact) mass is 472 g/mol. The van der Waals surface area contributed by atoms with Gasteiger partial charge >= 0.3 is 0 Å². The molecule has 8 nitrogen and oxygen atoms in total. The van der Waals surface area contributed by atoms with Crippen LogP contribution in [0.1, 0.15) is 38.4 Å². The van der Waals surface area contributed by atoms with Crippen molar-refractivity contribution < 1.29 is 19.5 Å². The second-order valence-corrected chi connectivity index (χ2v) is 9.75. The van der Waals surface area contributed by atoms with Crippen LogP contribution >= 0.6 is 11.3 Å². The lowest BCUT2D eigenvalue weighted by atomic mass is 10.0. The molecular weight excluding hydrogens is 440 g/mol. The lowest BCUT2D eigenvalue weighted by Gasteiger charge is -2.34. The molecule has 2 N–H and O–H groups in total. The first-order valence-corrected chi connectivity index (χ1v) is 12.0. The summed E-state index contributed by atoms with van der Waals surface area (Å²) in [6.07, 6.45) is -0.600. The van der Waals surface area contributed by atoms with Crippen LogP contribution in [0.2, 0.25) is 0 Å². The molecule has 1 aliphatic heterocycles. The first-order chi connectivity index (χ1) is 15.6. The number of likely N-dealkylation sites (tertiary alicyclic amines) is 1. The number of aryl methyl sites for hydroxylation is 1. The summed E-state index contributed by atoms with van der Waals surface area (Å²) in [4.78, 5) is 46.4. The van der Waals surface area contributed by atoms with Crippen LogP contribution in [0.5, 0.6) is 0 Å². The van der Waals surface area contributed by atoms with Gasteiger partial charge in [0.2, 0.25) is 17.7 Å². The van der Waals surface area contributed by atoms with Gasteiger partial charge in [0.15, 0.2) is 0 Å². The van der Waals surface area contributed by atoms with Gasteiger partial charge in [-0.3, -0.25) is 14.4 Å². The first kappa shape index (κ1) is 24.9. The van der Waals surface area contributed by atoms with Crippen molar-refractivity contribution in [3.8, 4) is 10.4 Å². The third-order valence-electron chi connectivity index (χ3n) is 6.09. The fourth-order valence-electron chi connectivity index (χ4n) is 4.23. The average molecular weight is 473 g/mol. The number of amides is 3. The lowest BCUT2D eigenvalue weighted by molar-refractivity contribution is -0.148. The van der Waals surface area contributed by atoms with E-state index in [1.54, 1.807) is 18.4 Å². The second-order valence-electron chi connectivity index (χ2n) is 8.90. The minimum absolute atomic E-state index is 0.0782. The Balaban J connectivity index is 1.67. The minimum Gasteiger partial charge on any atom is -0.391 e. The molecular formula is C24H32N4O4S. The van der Waals surface area contributed by atoms with Crippen LogP contribution in [-0.4, -0.2) is 69.4 Å². The molecule has 1 saturated heterocycles. The van der Waals surface area contributed by atoms with Gasteiger partial charge in [-0.25, -0.2) is 4.98 Å². The lowest BCUT2D eigenvalue weighted by Crippen LogP contribution is -2.55. The summed E-state index contributed by atoms with van der Waals surface area (Å²) in [5.41, 5.74) is 4.82. The molecule has 1 aliphatic rings. The molecule has 1 fully saturated rings. The van der Waals surface area contributed by atoms with Gasteiger partial charge in [-0.05, 0) is 24.0 Å². The molecule has 2 aromatic rings. The maximum Gasteiger partial charge on any atom is 0.246 e. The van der Waals surface area contributed by atoms with E-state index in [2.05, 4.69) is 10.3 Å². The summed E-state index contributed by atoms with van der Waals surface area (Å²) in [6, 6.07) is 6.46. The van der Waals surface area contributed by atoms with Crippen LogP contribution < -0.4 is 5.32 Å². The van der Waals surface area contributed by atoms with Crippen molar-refractivity contribution in [1.29, 1.82) is 0 Å². The summed E-state index contributed by atoms with van der Waals surface area (Å²) in [5.74, 6) is -0.979. The number of hydrogen-bond acceptors (Lipinski definition) is 6. The van der Waals surface area contributed by atoms with E-state index in [0.29, 0.717) is 6.54 Å². The van der Waals surface area contributed by atoms with E-state index in [1.807, 2.05) is 50.5 Å². The molecule has 3 atom stereocenters. The quantitative estimate of drug-likeness (QED) is 0.643. The third-order valence-corrected chi connectivity index (χ3v) is 7.07. The van der Waals surface area contributed by atoms with Crippen molar-refractivity contribution in [2.75, 3.05) is 13.6 Å². The molecule has 178 valence electrons. The number of carbonyl (C=O) groups excluding carboxylic acids is 3. The highest BCUT2D eigenvalue weighted by Gasteiger charge is 2.43. The number of thiazole rings is 1. The molecule has 3 rings (SSSR count). The largest absolute Gasteiger partial charge is 0.391 e. The van der Waals surface area contributed by atoms with Crippen LogP contribution in [0.3, 0.4) is 0 Å². The molecule has 1 aromatic carbocycles. The van der Waals surface area contributed by atoms with Crippen molar-refractivity contribution in [2.45, 2.75) is 58.8 Å². The number of aliphatic hydroxyl groups is 1. The molecule has 9 heteroatoms. The number of aliphatic hydroxyl groups excluding tert-OH is 1. The molecule has 2 heterocycles. The smallest absolute Gasteiger partial charge is 0.246 e. The minimum atomic E-state index is -0.776. The summed E-state index contributed by atoms with van der Waals surface area (Å²) >= 11 is 1.59. The van der Waals surface area contributed by atoms with Crippen LogP contribution in [0.4, 0.5) is 0 Å².